The number of hydrogen-bond acceptors (Lipinski definition) is 2. The van der Waals surface area contributed by atoms with E-state index >= 15 is 0 Å². The van der Waals surface area contributed by atoms with Crippen molar-refractivity contribution in [3.05, 3.63) is 29.8 Å². The van der Waals surface area contributed by atoms with Crippen LogP contribution in [0.1, 0.15) is 70.5 Å². The molecule has 20 heavy (non-hydrogen) atoms. The highest BCUT2D eigenvalue weighted by molar-refractivity contribution is 5.35. The number of rotatable bonds is 4. The Morgan fingerprint density at radius 3 is 2.25 bits per heavy atom. The van der Waals surface area contributed by atoms with E-state index in [4.69, 9.17) is 4.74 Å². The molecule has 112 valence electrons. The summed E-state index contributed by atoms with van der Waals surface area (Å²) in [4.78, 5) is 0. The molecule has 1 aromatic rings. The highest BCUT2D eigenvalue weighted by atomic mass is 16.5. The molecule has 0 radical (unpaired) electrons. The molecular weight excluding hydrogens is 248 g/mol. The van der Waals surface area contributed by atoms with Gasteiger partial charge in [-0.15, -0.1) is 0 Å². The third kappa shape index (κ3) is 4.24. The van der Waals surface area contributed by atoms with E-state index in [1.54, 1.807) is 0 Å². The van der Waals surface area contributed by atoms with E-state index in [2.05, 4.69) is 0 Å². The topological polar surface area (TPSA) is 29.5 Å². The van der Waals surface area contributed by atoms with E-state index in [0.29, 0.717) is 5.92 Å². The maximum absolute atomic E-state index is 10.8. The standard InChI is InChI=1S/C18H28O2/c1-14(2)20-17-13-9-8-12-16(17)18(19)15-10-6-4-3-5-7-11-15/h8-9,12-15,18-19H,3-7,10-11H2,1-2H3. The monoisotopic (exact) mass is 276 g/mol. The predicted molar refractivity (Wildman–Crippen MR) is 83.0 cm³/mol. The second-order valence-corrected chi connectivity index (χ2v) is 6.25. The van der Waals surface area contributed by atoms with Gasteiger partial charge in [0.05, 0.1) is 12.2 Å². The van der Waals surface area contributed by atoms with Crippen molar-refractivity contribution in [2.75, 3.05) is 0 Å². The van der Waals surface area contributed by atoms with E-state index in [0.717, 1.165) is 24.2 Å². The summed E-state index contributed by atoms with van der Waals surface area (Å²) < 4.78 is 5.85. The average Bonchev–Trinajstić information content (AvgIpc) is 2.37. The molecule has 1 N–H and O–H groups in total. The lowest BCUT2D eigenvalue weighted by Gasteiger charge is -2.27. The van der Waals surface area contributed by atoms with Gasteiger partial charge in [-0.25, -0.2) is 0 Å². The number of benzene rings is 1. The number of para-hydroxylation sites is 1. The van der Waals surface area contributed by atoms with Gasteiger partial charge in [0.1, 0.15) is 5.75 Å². The number of aliphatic hydroxyl groups excluding tert-OH is 1. The number of hydrogen-bond donors (Lipinski definition) is 1. The quantitative estimate of drug-likeness (QED) is 0.850. The molecule has 2 heteroatoms. The first kappa shape index (κ1) is 15.4. The van der Waals surface area contributed by atoms with Crippen molar-refractivity contribution < 1.29 is 9.84 Å². The molecule has 1 saturated carbocycles. The van der Waals surface area contributed by atoms with E-state index in [-0.39, 0.29) is 12.2 Å². The third-order valence-corrected chi connectivity index (χ3v) is 4.20. The van der Waals surface area contributed by atoms with Crippen LogP contribution in [0.15, 0.2) is 24.3 Å². The van der Waals surface area contributed by atoms with Crippen molar-refractivity contribution in [3.63, 3.8) is 0 Å². The van der Waals surface area contributed by atoms with Crippen LogP contribution in [0.5, 0.6) is 5.75 Å². The molecule has 1 aliphatic carbocycles. The minimum absolute atomic E-state index is 0.140. The lowest BCUT2D eigenvalue weighted by Crippen LogP contribution is -2.16. The summed E-state index contributed by atoms with van der Waals surface area (Å²) in [5, 5.41) is 10.8. The van der Waals surface area contributed by atoms with Crippen molar-refractivity contribution in [3.8, 4) is 5.75 Å². The summed E-state index contributed by atoms with van der Waals surface area (Å²) in [7, 11) is 0. The first-order chi connectivity index (χ1) is 9.68. The molecule has 0 bridgehead atoms. The van der Waals surface area contributed by atoms with Crippen LogP contribution in [0.4, 0.5) is 0 Å². The number of aliphatic hydroxyl groups is 1. The second kappa shape index (κ2) is 7.68. The molecule has 0 heterocycles. The van der Waals surface area contributed by atoms with Crippen molar-refractivity contribution in [1.82, 2.24) is 0 Å². The fourth-order valence-electron chi connectivity index (χ4n) is 3.14. The molecule has 0 aromatic heterocycles. The molecule has 0 aliphatic heterocycles. The Balaban J connectivity index is 2.12. The van der Waals surface area contributed by atoms with E-state index in [9.17, 15) is 5.11 Å². The van der Waals surface area contributed by atoms with Gasteiger partial charge in [-0.2, -0.15) is 0 Å². The highest BCUT2D eigenvalue weighted by Crippen LogP contribution is 2.36. The molecule has 0 saturated heterocycles. The molecule has 1 fully saturated rings. The summed E-state index contributed by atoms with van der Waals surface area (Å²) in [6.45, 7) is 4.05. The molecular formula is C18H28O2. The Kier molecular flexibility index (Phi) is 5.90. The van der Waals surface area contributed by atoms with Gasteiger partial charge in [0.15, 0.2) is 0 Å². The van der Waals surface area contributed by atoms with Crippen LogP contribution < -0.4 is 4.74 Å². The minimum Gasteiger partial charge on any atom is -0.491 e. The minimum atomic E-state index is -0.386. The summed E-state index contributed by atoms with van der Waals surface area (Å²) in [6, 6.07) is 7.96. The second-order valence-electron chi connectivity index (χ2n) is 6.25. The Labute approximate surface area is 123 Å². The summed E-state index contributed by atoms with van der Waals surface area (Å²) in [6.07, 6.45) is 8.50. The van der Waals surface area contributed by atoms with E-state index in [1.165, 1.54) is 32.1 Å². The molecule has 0 spiro atoms. The fraction of sp³-hybridized carbons (Fsp3) is 0.667. The molecule has 1 unspecified atom stereocenters. The van der Waals surface area contributed by atoms with Crippen molar-refractivity contribution in [1.29, 1.82) is 0 Å². The Bertz CT molecular complexity index is 392. The summed E-state index contributed by atoms with van der Waals surface area (Å²) in [5.74, 6) is 1.23. The lowest BCUT2D eigenvalue weighted by molar-refractivity contribution is 0.0865. The van der Waals surface area contributed by atoms with Gasteiger partial charge < -0.3 is 9.84 Å². The zero-order valence-electron chi connectivity index (χ0n) is 12.8. The number of ether oxygens (including phenoxy) is 1. The molecule has 1 atom stereocenters. The van der Waals surface area contributed by atoms with Crippen molar-refractivity contribution in [2.24, 2.45) is 5.92 Å². The summed E-state index contributed by atoms with van der Waals surface area (Å²) >= 11 is 0. The van der Waals surface area contributed by atoms with E-state index < -0.39 is 0 Å². The predicted octanol–water partition coefficient (Wildman–Crippen LogP) is 4.87. The molecule has 2 nitrogen and oxygen atoms in total. The van der Waals surface area contributed by atoms with E-state index in [1.807, 2.05) is 38.1 Å². The fourth-order valence-corrected chi connectivity index (χ4v) is 3.14. The van der Waals surface area contributed by atoms with Crippen LogP contribution >= 0.6 is 0 Å². The van der Waals surface area contributed by atoms with Gasteiger partial charge >= 0.3 is 0 Å². The first-order valence-electron chi connectivity index (χ1n) is 8.12. The SMILES string of the molecule is CC(C)Oc1ccccc1C(O)C1CCCCCCC1. The van der Waals surface area contributed by atoms with Crippen LogP contribution in [-0.2, 0) is 0 Å². The van der Waals surface area contributed by atoms with Crippen LogP contribution in [0.2, 0.25) is 0 Å². The zero-order valence-corrected chi connectivity index (χ0v) is 12.8. The molecule has 1 aliphatic rings. The zero-order chi connectivity index (χ0) is 14.4. The maximum Gasteiger partial charge on any atom is 0.125 e. The molecule has 2 rings (SSSR count). The highest BCUT2D eigenvalue weighted by Gasteiger charge is 2.24. The Morgan fingerprint density at radius 1 is 1.00 bits per heavy atom. The van der Waals surface area contributed by atoms with Gasteiger partial charge in [0.2, 0.25) is 0 Å². The maximum atomic E-state index is 10.8. The Morgan fingerprint density at radius 2 is 1.60 bits per heavy atom. The summed E-state index contributed by atoms with van der Waals surface area (Å²) in [5.41, 5.74) is 0.965. The van der Waals surface area contributed by atoms with Crippen LogP contribution in [0, 0.1) is 5.92 Å². The third-order valence-electron chi connectivity index (χ3n) is 4.20. The van der Waals surface area contributed by atoms with Gasteiger partial charge in [-0.1, -0.05) is 50.3 Å². The van der Waals surface area contributed by atoms with Crippen LogP contribution in [0.25, 0.3) is 0 Å². The van der Waals surface area contributed by atoms with Crippen LogP contribution in [0.3, 0.4) is 0 Å². The van der Waals surface area contributed by atoms with Gasteiger partial charge in [-0.05, 0) is 38.7 Å². The van der Waals surface area contributed by atoms with Crippen molar-refractivity contribution in [2.45, 2.75) is 71.0 Å². The lowest BCUT2D eigenvalue weighted by atomic mass is 9.84. The normalized spacial score (nSPS) is 19.4. The largest absolute Gasteiger partial charge is 0.491 e. The van der Waals surface area contributed by atoms with Gasteiger partial charge in [0, 0.05) is 5.56 Å². The molecule has 1 aromatic carbocycles. The first-order valence-corrected chi connectivity index (χ1v) is 8.12. The smallest absolute Gasteiger partial charge is 0.125 e. The average molecular weight is 276 g/mol. The molecule has 0 amide bonds. The van der Waals surface area contributed by atoms with Crippen molar-refractivity contribution >= 4 is 0 Å². The van der Waals surface area contributed by atoms with Gasteiger partial charge in [0.25, 0.3) is 0 Å². The van der Waals surface area contributed by atoms with Crippen LogP contribution in [-0.4, -0.2) is 11.2 Å². The van der Waals surface area contributed by atoms with Gasteiger partial charge in [-0.3, -0.25) is 0 Å². The Hall–Kier alpha value is -1.02.